The highest BCUT2D eigenvalue weighted by Crippen LogP contribution is 2.23. The van der Waals surface area contributed by atoms with Gasteiger partial charge in [-0.05, 0) is 30.3 Å². The van der Waals surface area contributed by atoms with Crippen molar-refractivity contribution in [2.24, 2.45) is 0 Å². The van der Waals surface area contributed by atoms with Crippen molar-refractivity contribution in [3.05, 3.63) is 59.7 Å². The third-order valence-electron chi connectivity index (χ3n) is 2.86. The number of benzene rings is 2. The number of thioether (sulfide) groups is 1. The Kier molecular flexibility index (Phi) is 5.00. The summed E-state index contributed by atoms with van der Waals surface area (Å²) < 4.78 is 4.97. The van der Waals surface area contributed by atoms with Gasteiger partial charge in [0.15, 0.2) is 5.78 Å². The lowest BCUT2D eigenvalue weighted by molar-refractivity contribution is 0.0693. The van der Waals surface area contributed by atoms with E-state index in [2.05, 4.69) is 0 Å². The van der Waals surface area contributed by atoms with Crippen LogP contribution < -0.4 is 4.74 Å². The van der Waals surface area contributed by atoms with Gasteiger partial charge in [0.1, 0.15) is 11.3 Å². The number of ketones is 1. The number of carbonyl (C=O) groups excluding carboxylic acids is 1. The number of carboxylic acid groups (broad SMARTS) is 1. The number of carboxylic acids is 1. The molecule has 5 heteroatoms. The molecule has 2 aromatic rings. The summed E-state index contributed by atoms with van der Waals surface area (Å²) in [6.45, 7) is 0. The number of rotatable bonds is 6. The zero-order valence-corrected chi connectivity index (χ0v) is 12.2. The summed E-state index contributed by atoms with van der Waals surface area (Å²) in [6.07, 6.45) is 0. The quantitative estimate of drug-likeness (QED) is 0.654. The van der Waals surface area contributed by atoms with Crippen molar-refractivity contribution in [2.75, 3.05) is 12.9 Å². The molecule has 0 heterocycles. The van der Waals surface area contributed by atoms with Gasteiger partial charge in [0.25, 0.3) is 0 Å². The molecule has 108 valence electrons. The van der Waals surface area contributed by atoms with E-state index >= 15 is 0 Å². The number of aromatic carboxylic acids is 1. The molecule has 0 saturated carbocycles. The molecule has 0 radical (unpaired) electrons. The van der Waals surface area contributed by atoms with Gasteiger partial charge in [0.2, 0.25) is 0 Å². The van der Waals surface area contributed by atoms with Gasteiger partial charge in [0.05, 0.1) is 12.9 Å². The van der Waals surface area contributed by atoms with Crippen LogP contribution in [0.1, 0.15) is 20.7 Å². The lowest BCUT2D eigenvalue weighted by Crippen LogP contribution is -2.07. The molecule has 4 nitrogen and oxygen atoms in total. The van der Waals surface area contributed by atoms with Crippen LogP contribution in [-0.2, 0) is 0 Å². The average molecular weight is 302 g/mol. The Hall–Kier alpha value is -2.27. The fourth-order valence-corrected chi connectivity index (χ4v) is 2.61. The van der Waals surface area contributed by atoms with Crippen molar-refractivity contribution in [2.45, 2.75) is 4.90 Å². The van der Waals surface area contributed by atoms with Crippen LogP contribution in [0.25, 0.3) is 0 Å². The Bertz CT molecular complexity index is 653. The molecule has 0 aliphatic rings. The van der Waals surface area contributed by atoms with Crippen molar-refractivity contribution >= 4 is 23.5 Å². The van der Waals surface area contributed by atoms with Crippen LogP contribution in [0.4, 0.5) is 0 Å². The molecule has 0 atom stereocenters. The van der Waals surface area contributed by atoms with Crippen LogP contribution >= 0.6 is 11.8 Å². The molecule has 0 fully saturated rings. The summed E-state index contributed by atoms with van der Waals surface area (Å²) in [6, 6.07) is 14.0. The second-order valence-corrected chi connectivity index (χ2v) is 5.29. The minimum atomic E-state index is -1.11. The molecule has 1 N–H and O–H groups in total. The fraction of sp³-hybridized carbons (Fsp3) is 0.125. The molecule has 2 rings (SSSR count). The summed E-state index contributed by atoms with van der Waals surface area (Å²) in [5.74, 6) is -0.726. The second-order valence-electron chi connectivity index (χ2n) is 4.25. The van der Waals surface area contributed by atoms with Crippen molar-refractivity contribution in [3.8, 4) is 5.75 Å². The van der Waals surface area contributed by atoms with Crippen molar-refractivity contribution in [3.63, 3.8) is 0 Å². The number of Topliss-reactive ketones (excluding diaryl/α,β-unsaturated/α-hetero) is 1. The third kappa shape index (κ3) is 3.86. The van der Waals surface area contributed by atoms with E-state index in [1.54, 1.807) is 6.07 Å². The SMILES string of the molecule is COc1ccc(C(=O)CSc2ccccc2)cc1C(=O)O. The predicted octanol–water partition coefficient (Wildman–Crippen LogP) is 3.37. The monoisotopic (exact) mass is 302 g/mol. The summed E-state index contributed by atoms with van der Waals surface area (Å²) >= 11 is 1.42. The van der Waals surface area contributed by atoms with Crippen LogP contribution in [0, 0.1) is 0 Å². The molecule has 2 aromatic carbocycles. The molecule has 0 saturated heterocycles. The Morgan fingerprint density at radius 1 is 1.14 bits per heavy atom. The van der Waals surface area contributed by atoms with Crippen LogP contribution in [0.15, 0.2) is 53.4 Å². The maximum atomic E-state index is 12.1. The van der Waals surface area contributed by atoms with Gasteiger partial charge in [-0.3, -0.25) is 4.79 Å². The number of hydrogen-bond donors (Lipinski definition) is 1. The minimum absolute atomic E-state index is 0.00642. The molecule has 0 aliphatic carbocycles. The van der Waals surface area contributed by atoms with E-state index < -0.39 is 5.97 Å². The van der Waals surface area contributed by atoms with Crippen molar-refractivity contribution in [1.29, 1.82) is 0 Å². The Balaban J connectivity index is 2.12. The van der Waals surface area contributed by atoms with E-state index in [-0.39, 0.29) is 22.8 Å². The maximum absolute atomic E-state index is 12.1. The standard InChI is InChI=1S/C16H14O4S/c1-20-15-8-7-11(9-13(15)16(18)19)14(17)10-21-12-5-3-2-4-6-12/h2-9H,10H2,1H3,(H,18,19). The van der Waals surface area contributed by atoms with Crippen LogP contribution in [0.5, 0.6) is 5.75 Å². The van der Waals surface area contributed by atoms with Gasteiger partial charge in [-0.1, -0.05) is 18.2 Å². The average Bonchev–Trinajstić information content (AvgIpc) is 2.52. The van der Waals surface area contributed by atoms with E-state index in [4.69, 9.17) is 9.84 Å². The number of ether oxygens (including phenoxy) is 1. The molecular formula is C16H14O4S. The molecular weight excluding hydrogens is 288 g/mol. The van der Waals surface area contributed by atoms with Gasteiger partial charge in [-0.2, -0.15) is 0 Å². The minimum Gasteiger partial charge on any atom is -0.496 e. The molecule has 0 aromatic heterocycles. The van der Waals surface area contributed by atoms with Crippen LogP contribution in [-0.4, -0.2) is 29.7 Å². The Labute approximate surface area is 126 Å². The van der Waals surface area contributed by atoms with Gasteiger partial charge in [-0.25, -0.2) is 4.79 Å². The van der Waals surface area contributed by atoms with Crippen molar-refractivity contribution in [1.82, 2.24) is 0 Å². The lowest BCUT2D eigenvalue weighted by Gasteiger charge is -2.07. The highest BCUT2D eigenvalue weighted by molar-refractivity contribution is 8.00. The highest BCUT2D eigenvalue weighted by atomic mass is 32.2. The maximum Gasteiger partial charge on any atom is 0.339 e. The van der Waals surface area contributed by atoms with E-state index in [1.165, 1.54) is 31.0 Å². The van der Waals surface area contributed by atoms with E-state index in [1.807, 2.05) is 30.3 Å². The zero-order chi connectivity index (χ0) is 15.2. The van der Waals surface area contributed by atoms with E-state index in [9.17, 15) is 9.59 Å². The first kappa shape index (κ1) is 15.1. The smallest absolute Gasteiger partial charge is 0.339 e. The number of carbonyl (C=O) groups is 2. The zero-order valence-electron chi connectivity index (χ0n) is 11.4. The van der Waals surface area contributed by atoms with Gasteiger partial charge >= 0.3 is 5.97 Å². The molecule has 0 unspecified atom stereocenters. The fourth-order valence-electron chi connectivity index (χ4n) is 1.80. The lowest BCUT2D eigenvalue weighted by atomic mass is 10.1. The summed E-state index contributed by atoms with van der Waals surface area (Å²) in [4.78, 5) is 24.3. The first-order valence-electron chi connectivity index (χ1n) is 6.24. The highest BCUT2D eigenvalue weighted by Gasteiger charge is 2.15. The summed E-state index contributed by atoms with van der Waals surface area (Å²) in [5.41, 5.74) is 0.365. The summed E-state index contributed by atoms with van der Waals surface area (Å²) in [7, 11) is 1.40. The molecule has 0 bridgehead atoms. The van der Waals surface area contributed by atoms with Gasteiger partial charge < -0.3 is 9.84 Å². The van der Waals surface area contributed by atoms with Crippen LogP contribution in [0.3, 0.4) is 0 Å². The molecule has 0 spiro atoms. The molecule has 0 amide bonds. The number of methoxy groups -OCH3 is 1. The van der Waals surface area contributed by atoms with Crippen molar-refractivity contribution < 1.29 is 19.4 Å². The van der Waals surface area contributed by atoms with E-state index in [0.29, 0.717) is 5.56 Å². The molecule has 0 aliphatic heterocycles. The predicted molar refractivity (Wildman–Crippen MR) is 81.4 cm³/mol. The first-order chi connectivity index (χ1) is 10.1. The second kappa shape index (κ2) is 6.95. The number of hydrogen-bond acceptors (Lipinski definition) is 4. The Morgan fingerprint density at radius 2 is 1.86 bits per heavy atom. The third-order valence-corrected chi connectivity index (χ3v) is 3.88. The van der Waals surface area contributed by atoms with Gasteiger partial charge in [0, 0.05) is 10.5 Å². The first-order valence-corrected chi connectivity index (χ1v) is 7.22. The normalized spacial score (nSPS) is 10.1. The Morgan fingerprint density at radius 3 is 2.48 bits per heavy atom. The van der Waals surface area contributed by atoms with Gasteiger partial charge in [-0.15, -0.1) is 11.8 Å². The van der Waals surface area contributed by atoms with Crippen LogP contribution in [0.2, 0.25) is 0 Å². The topological polar surface area (TPSA) is 63.6 Å². The largest absolute Gasteiger partial charge is 0.496 e. The van der Waals surface area contributed by atoms with E-state index in [0.717, 1.165) is 4.90 Å². The summed E-state index contributed by atoms with van der Waals surface area (Å²) in [5, 5.41) is 9.11. The molecule has 21 heavy (non-hydrogen) atoms.